The minimum Gasteiger partial charge on any atom is -0.497 e. The van der Waals surface area contributed by atoms with Crippen LogP contribution in [0, 0.1) is 6.92 Å². The molecule has 1 fully saturated rings. The van der Waals surface area contributed by atoms with Gasteiger partial charge in [0, 0.05) is 31.9 Å². The lowest BCUT2D eigenvalue weighted by molar-refractivity contribution is -0.125. The van der Waals surface area contributed by atoms with Gasteiger partial charge in [-0.3, -0.25) is 9.69 Å². The van der Waals surface area contributed by atoms with Crippen molar-refractivity contribution in [1.82, 2.24) is 25.1 Å². The molecule has 2 heterocycles. The van der Waals surface area contributed by atoms with Gasteiger partial charge in [0.05, 0.1) is 13.2 Å². The van der Waals surface area contributed by atoms with Crippen LogP contribution in [-0.2, 0) is 11.3 Å². The fourth-order valence-electron chi connectivity index (χ4n) is 3.12. The smallest absolute Gasteiger partial charge is 0.244 e. The molecule has 1 aliphatic heterocycles. The highest BCUT2D eigenvalue weighted by Crippen LogP contribution is 2.23. The van der Waals surface area contributed by atoms with Crippen molar-refractivity contribution in [2.75, 3.05) is 31.6 Å². The molecule has 1 saturated heterocycles. The fraction of sp³-hybridized carbons (Fsp3) is 0.529. The average molecular weight is 344 g/mol. The van der Waals surface area contributed by atoms with Crippen LogP contribution in [0.4, 0.5) is 5.69 Å². The Morgan fingerprint density at radius 2 is 1.96 bits per heavy atom. The van der Waals surface area contributed by atoms with Crippen LogP contribution < -0.4 is 9.64 Å². The number of nitrogens with zero attached hydrogens (tertiary/aromatic N) is 6. The van der Waals surface area contributed by atoms with Crippen LogP contribution in [0.3, 0.4) is 0 Å². The molecule has 2 aromatic rings. The van der Waals surface area contributed by atoms with Gasteiger partial charge in [-0.25, -0.2) is 4.68 Å². The summed E-state index contributed by atoms with van der Waals surface area (Å²) in [6, 6.07) is 7.49. The quantitative estimate of drug-likeness (QED) is 0.781. The van der Waals surface area contributed by atoms with Gasteiger partial charge in [-0.1, -0.05) is 0 Å². The summed E-state index contributed by atoms with van der Waals surface area (Å²) < 4.78 is 6.97. The first-order chi connectivity index (χ1) is 12.1. The predicted octanol–water partition coefficient (Wildman–Crippen LogP) is 1.12. The first-order valence-electron chi connectivity index (χ1n) is 8.52. The number of aromatic nitrogens is 4. The maximum Gasteiger partial charge on any atom is 0.244 e. The van der Waals surface area contributed by atoms with Crippen molar-refractivity contribution in [3.05, 3.63) is 30.1 Å². The van der Waals surface area contributed by atoms with E-state index in [2.05, 4.69) is 20.4 Å². The molecule has 1 aromatic heterocycles. The number of ether oxygens (including phenoxy) is 1. The average Bonchev–Trinajstić information content (AvgIpc) is 3.04. The summed E-state index contributed by atoms with van der Waals surface area (Å²) in [5.74, 6) is 1.74. The number of hydrogen-bond acceptors (Lipinski definition) is 6. The first kappa shape index (κ1) is 17.3. The molecular weight excluding hydrogens is 320 g/mol. The van der Waals surface area contributed by atoms with Gasteiger partial charge < -0.3 is 9.64 Å². The summed E-state index contributed by atoms with van der Waals surface area (Å²) in [5, 5.41) is 11.5. The van der Waals surface area contributed by atoms with Crippen molar-refractivity contribution in [2.24, 2.45) is 0 Å². The van der Waals surface area contributed by atoms with E-state index in [0.29, 0.717) is 6.54 Å². The summed E-state index contributed by atoms with van der Waals surface area (Å²) in [6.07, 6.45) is 0.909. The molecule has 1 aromatic carbocycles. The number of piperazine rings is 1. The summed E-state index contributed by atoms with van der Waals surface area (Å²) >= 11 is 0. The lowest BCUT2D eigenvalue weighted by Crippen LogP contribution is -2.56. The molecule has 1 atom stereocenters. The van der Waals surface area contributed by atoms with Gasteiger partial charge in [0.15, 0.2) is 0 Å². The van der Waals surface area contributed by atoms with Crippen LogP contribution in [0.25, 0.3) is 0 Å². The van der Waals surface area contributed by atoms with E-state index in [1.807, 2.05) is 43.0 Å². The number of anilines is 1. The van der Waals surface area contributed by atoms with Crippen LogP contribution in [0.2, 0.25) is 0 Å². The number of carbonyl (C=O) groups excluding carboxylic acids is 1. The molecule has 0 aliphatic carbocycles. The van der Waals surface area contributed by atoms with Crippen LogP contribution in [-0.4, -0.2) is 63.8 Å². The fourth-order valence-corrected chi connectivity index (χ4v) is 3.12. The minimum absolute atomic E-state index is 0.133. The molecule has 1 aliphatic rings. The SMILES string of the molecule is COc1ccc(N2CCN(CCCn3nnnc3C)[C@@H](C)C2=O)cc1. The molecule has 3 rings (SSSR count). The lowest BCUT2D eigenvalue weighted by atomic mass is 10.1. The molecule has 0 radical (unpaired) electrons. The second-order valence-corrected chi connectivity index (χ2v) is 6.20. The molecule has 0 N–H and O–H groups in total. The van der Waals surface area contributed by atoms with E-state index in [9.17, 15) is 4.79 Å². The number of benzene rings is 1. The summed E-state index contributed by atoms with van der Waals surface area (Å²) in [6.45, 7) is 7.02. The Bertz CT molecular complexity index is 714. The zero-order chi connectivity index (χ0) is 17.8. The Balaban J connectivity index is 1.56. The van der Waals surface area contributed by atoms with Gasteiger partial charge in [-0.05, 0) is 55.0 Å². The largest absolute Gasteiger partial charge is 0.497 e. The van der Waals surface area contributed by atoms with E-state index in [0.717, 1.165) is 43.3 Å². The Hall–Kier alpha value is -2.48. The molecule has 0 bridgehead atoms. The molecule has 0 unspecified atom stereocenters. The Labute approximate surface area is 147 Å². The van der Waals surface area contributed by atoms with E-state index in [4.69, 9.17) is 4.74 Å². The number of carbonyl (C=O) groups is 1. The molecular formula is C17H24N6O2. The van der Waals surface area contributed by atoms with E-state index < -0.39 is 0 Å². The van der Waals surface area contributed by atoms with E-state index in [-0.39, 0.29) is 11.9 Å². The van der Waals surface area contributed by atoms with Crippen molar-refractivity contribution in [2.45, 2.75) is 32.9 Å². The van der Waals surface area contributed by atoms with Gasteiger partial charge >= 0.3 is 0 Å². The number of aryl methyl sites for hydroxylation is 2. The maximum atomic E-state index is 12.8. The zero-order valence-corrected chi connectivity index (χ0v) is 14.9. The van der Waals surface area contributed by atoms with Crippen LogP contribution >= 0.6 is 0 Å². The molecule has 134 valence electrons. The standard InChI is InChI=1S/C17H24N6O2/c1-13-17(24)22(15-5-7-16(25-3)8-6-15)12-11-21(13)9-4-10-23-14(2)18-19-20-23/h5-8,13H,4,9-12H2,1-3H3/t13-/m0/s1. The monoisotopic (exact) mass is 344 g/mol. The van der Waals surface area contributed by atoms with Crippen molar-refractivity contribution >= 4 is 11.6 Å². The van der Waals surface area contributed by atoms with Crippen LogP contribution in [0.15, 0.2) is 24.3 Å². The number of methoxy groups -OCH3 is 1. The number of hydrogen-bond donors (Lipinski definition) is 0. The Morgan fingerprint density at radius 3 is 2.60 bits per heavy atom. The highest BCUT2D eigenvalue weighted by atomic mass is 16.5. The summed E-state index contributed by atoms with van der Waals surface area (Å²) in [4.78, 5) is 16.8. The van der Waals surface area contributed by atoms with Gasteiger partial charge in [-0.15, -0.1) is 5.10 Å². The van der Waals surface area contributed by atoms with Crippen LogP contribution in [0.1, 0.15) is 19.2 Å². The van der Waals surface area contributed by atoms with Crippen molar-refractivity contribution in [3.63, 3.8) is 0 Å². The zero-order valence-electron chi connectivity index (χ0n) is 14.9. The molecule has 1 amide bonds. The minimum atomic E-state index is -0.133. The van der Waals surface area contributed by atoms with Crippen molar-refractivity contribution in [3.8, 4) is 5.75 Å². The van der Waals surface area contributed by atoms with Gasteiger partial charge in [0.25, 0.3) is 0 Å². The topological polar surface area (TPSA) is 76.4 Å². The normalized spacial score (nSPS) is 18.6. The lowest BCUT2D eigenvalue weighted by Gasteiger charge is -2.39. The van der Waals surface area contributed by atoms with E-state index in [1.54, 1.807) is 11.8 Å². The number of tetrazole rings is 1. The van der Waals surface area contributed by atoms with Gasteiger partial charge in [0.1, 0.15) is 11.6 Å². The molecule has 8 nitrogen and oxygen atoms in total. The highest BCUT2D eigenvalue weighted by molar-refractivity contribution is 5.97. The Kier molecular flexibility index (Phi) is 5.28. The van der Waals surface area contributed by atoms with Gasteiger partial charge in [0.2, 0.25) is 5.91 Å². The van der Waals surface area contributed by atoms with E-state index >= 15 is 0 Å². The summed E-state index contributed by atoms with van der Waals surface area (Å²) in [7, 11) is 1.64. The summed E-state index contributed by atoms with van der Waals surface area (Å²) in [5.41, 5.74) is 0.918. The maximum absolute atomic E-state index is 12.8. The molecule has 0 saturated carbocycles. The van der Waals surface area contributed by atoms with Gasteiger partial charge in [-0.2, -0.15) is 0 Å². The van der Waals surface area contributed by atoms with Crippen LogP contribution in [0.5, 0.6) is 5.75 Å². The molecule has 0 spiro atoms. The second kappa shape index (κ2) is 7.60. The third-order valence-electron chi connectivity index (χ3n) is 4.69. The number of amides is 1. The van der Waals surface area contributed by atoms with Crippen molar-refractivity contribution in [1.29, 1.82) is 0 Å². The first-order valence-corrected chi connectivity index (χ1v) is 8.52. The third-order valence-corrected chi connectivity index (χ3v) is 4.69. The highest BCUT2D eigenvalue weighted by Gasteiger charge is 2.31. The van der Waals surface area contributed by atoms with E-state index in [1.165, 1.54) is 0 Å². The number of rotatable bonds is 6. The third kappa shape index (κ3) is 3.79. The predicted molar refractivity (Wildman–Crippen MR) is 93.6 cm³/mol. The molecule has 25 heavy (non-hydrogen) atoms. The second-order valence-electron chi connectivity index (χ2n) is 6.20. The Morgan fingerprint density at radius 1 is 1.20 bits per heavy atom. The van der Waals surface area contributed by atoms with Crippen molar-refractivity contribution < 1.29 is 9.53 Å². The molecule has 8 heteroatoms.